The van der Waals surface area contributed by atoms with E-state index in [0.717, 1.165) is 71.4 Å². The SMILES string of the molecule is CC/C=C(/OC)c1cccc(-c2cc(Nc3cccc(N4CCCC4CO)n3)c3nccn3n2)c1. The summed E-state index contributed by atoms with van der Waals surface area (Å²) < 4.78 is 7.36. The Bertz CT molecular complexity index is 1350. The second-order valence-electron chi connectivity index (χ2n) is 8.58. The highest BCUT2D eigenvalue weighted by Crippen LogP contribution is 2.29. The number of hydrogen-bond donors (Lipinski definition) is 2. The lowest BCUT2D eigenvalue weighted by Crippen LogP contribution is -2.32. The maximum Gasteiger partial charge on any atom is 0.177 e. The molecule has 180 valence electrons. The van der Waals surface area contributed by atoms with Crippen molar-refractivity contribution < 1.29 is 9.84 Å². The van der Waals surface area contributed by atoms with Crippen molar-refractivity contribution in [3.63, 3.8) is 0 Å². The Kier molecular flexibility index (Phi) is 6.63. The molecule has 0 saturated carbocycles. The number of fused-ring (bicyclic) bond motifs is 1. The highest BCUT2D eigenvalue weighted by atomic mass is 16.5. The van der Waals surface area contributed by atoms with Gasteiger partial charge in [-0.1, -0.05) is 31.2 Å². The molecule has 8 heteroatoms. The zero-order valence-corrected chi connectivity index (χ0v) is 20.1. The number of methoxy groups -OCH3 is 1. The summed E-state index contributed by atoms with van der Waals surface area (Å²) in [5.74, 6) is 2.43. The largest absolute Gasteiger partial charge is 0.496 e. The molecule has 0 aliphatic carbocycles. The summed E-state index contributed by atoms with van der Waals surface area (Å²) in [6.45, 7) is 3.13. The minimum atomic E-state index is 0.121. The van der Waals surface area contributed by atoms with Crippen molar-refractivity contribution in [1.29, 1.82) is 0 Å². The van der Waals surface area contributed by atoms with Crippen LogP contribution >= 0.6 is 0 Å². The summed E-state index contributed by atoms with van der Waals surface area (Å²) in [5.41, 5.74) is 4.32. The van der Waals surface area contributed by atoms with Crippen LogP contribution in [0.5, 0.6) is 0 Å². The maximum absolute atomic E-state index is 9.72. The van der Waals surface area contributed by atoms with E-state index < -0.39 is 0 Å². The molecule has 8 nitrogen and oxygen atoms in total. The van der Waals surface area contributed by atoms with Gasteiger partial charge in [0.2, 0.25) is 0 Å². The van der Waals surface area contributed by atoms with Crippen LogP contribution in [0.25, 0.3) is 22.7 Å². The summed E-state index contributed by atoms with van der Waals surface area (Å²) in [6.07, 6.45) is 8.58. The van der Waals surface area contributed by atoms with Gasteiger partial charge in [0.1, 0.15) is 17.4 Å². The van der Waals surface area contributed by atoms with Crippen LogP contribution in [-0.2, 0) is 4.74 Å². The van der Waals surface area contributed by atoms with Gasteiger partial charge in [0.05, 0.1) is 31.1 Å². The first-order valence-electron chi connectivity index (χ1n) is 12.0. The lowest BCUT2D eigenvalue weighted by molar-refractivity contribution is 0.266. The molecule has 35 heavy (non-hydrogen) atoms. The number of anilines is 3. The molecule has 1 aromatic carbocycles. The van der Waals surface area contributed by atoms with E-state index >= 15 is 0 Å². The third kappa shape index (κ3) is 4.70. The molecule has 0 amide bonds. The number of benzene rings is 1. The van der Waals surface area contributed by atoms with Gasteiger partial charge in [-0.3, -0.25) is 0 Å². The number of nitrogens with one attached hydrogen (secondary N) is 1. The number of hydrogen-bond acceptors (Lipinski definition) is 7. The molecular weight excluding hydrogens is 440 g/mol. The van der Waals surface area contributed by atoms with Crippen LogP contribution in [0.3, 0.4) is 0 Å². The van der Waals surface area contributed by atoms with E-state index in [9.17, 15) is 5.11 Å². The molecule has 4 heterocycles. The van der Waals surface area contributed by atoms with Gasteiger partial charge in [0.25, 0.3) is 0 Å². The lowest BCUT2D eigenvalue weighted by Gasteiger charge is -2.24. The lowest BCUT2D eigenvalue weighted by atomic mass is 10.1. The molecule has 1 aliphatic rings. The van der Waals surface area contributed by atoms with E-state index in [1.807, 2.05) is 48.7 Å². The number of aliphatic hydroxyl groups is 1. The second-order valence-corrected chi connectivity index (χ2v) is 8.58. The van der Waals surface area contributed by atoms with Crippen molar-refractivity contribution in [2.45, 2.75) is 32.2 Å². The van der Waals surface area contributed by atoms with Crippen molar-refractivity contribution >= 4 is 28.7 Å². The van der Waals surface area contributed by atoms with E-state index in [1.165, 1.54) is 0 Å². The van der Waals surface area contributed by atoms with Gasteiger partial charge in [-0.2, -0.15) is 5.10 Å². The molecule has 3 aromatic heterocycles. The van der Waals surface area contributed by atoms with Crippen molar-refractivity contribution in [2.75, 3.05) is 30.5 Å². The Morgan fingerprint density at radius 2 is 2.11 bits per heavy atom. The molecular formula is C27H30N6O2. The number of ether oxygens (including phenoxy) is 1. The van der Waals surface area contributed by atoms with Crippen LogP contribution in [0.2, 0.25) is 0 Å². The van der Waals surface area contributed by atoms with Gasteiger partial charge in [-0.05, 0) is 49.6 Å². The minimum absolute atomic E-state index is 0.121. The predicted octanol–water partition coefficient (Wildman–Crippen LogP) is 4.89. The summed E-state index contributed by atoms with van der Waals surface area (Å²) >= 11 is 0. The Labute approximate surface area is 204 Å². The zero-order chi connectivity index (χ0) is 24.2. The summed E-state index contributed by atoms with van der Waals surface area (Å²) in [6, 6.07) is 16.2. The molecule has 1 saturated heterocycles. The third-order valence-electron chi connectivity index (χ3n) is 6.29. The molecule has 0 spiro atoms. The van der Waals surface area contributed by atoms with E-state index in [2.05, 4.69) is 34.3 Å². The van der Waals surface area contributed by atoms with E-state index in [4.69, 9.17) is 14.8 Å². The van der Waals surface area contributed by atoms with Gasteiger partial charge in [0.15, 0.2) is 5.65 Å². The fourth-order valence-corrected chi connectivity index (χ4v) is 4.60. The van der Waals surface area contributed by atoms with Gasteiger partial charge in [-0.15, -0.1) is 0 Å². The van der Waals surface area contributed by atoms with Gasteiger partial charge >= 0.3 is 0 Å². The first-order valence-corrected chi connectivity index (χ1v) is 12.0. The number of pyridine rings is 1. The average Bonchev–Trinajstić information content (AvgIpc) is 3.57. The third-order valence-corrected chi connectivity index (χ3v) is 6.29. The molecule has 0 bridgehead atoms. The average molecular weight is 471 g/mol. The molecule has 0 radical (unpaired) electrons. The van der Waals surface area contributed by atoms with Crippen molar-refractivity contribution in [3.05, 3.63) is 72.6 Å². The monoisotopic (exact) mass is 470 g/mol. The smallest absolute Gasteiger partial charge is 0.177 e. The van der Waals surface area contributed by atoms with E-state index in [-0.39, 0.29) is 12.6 Å². The van der Waals surface area contributed by atoms with Crippen molar-refractivity contribution in [2.24, 2.45) is 0 Å². The van der Waals surface area contributed by atoms with Crippen molar-refractivity contribution in [3.8, 4) is 11.3 Å². The van der Waals surface area contributed by atoms with Gasteiger partial charge < -0.3 is 20.1 Å². The zero-order valence-electron chi connectivity index (χ0n) is 20.1. The minimum Gasteiger partial charge on any atom is -0.496 e. The number of aliphatic hydroxyl groups excluding tert-OH is 1. The molecule has 4 aromatic rings. The molecule has 1 aliphatic heterocycles. The number of aromatic nitrogens is 4. The number of rotatable bonds is 8. The second kappa shape index (κ2) is 10.1. The summed E-state index contributed by atoms with van der Waals surface area (Å²) in [5, 5.41) is 17.9. The van der Waals surface area contributed by atoms with E-state index in [0.29, 0.717) is 0 Å². The number of allylic oxidation sites excluding steroid dienone is 1. The molecule has 5 rings (SSSR count). The fraction of sp³-hybridized carbons (Fsp3) is 0.296. The van der Waals surface area contributed by atoms with Crippen molar-refractivity contribution in [1.82, 2.24) is 19.6 Å². The maximum atomic E-state index is 9.72. The normalized spacial score (nSPS) is 16.1. The van der Waals surface area contributed by atoms with Crippen LogP contribution in [0.15, 0.2) is 67.0 Å². The Morgan fingerprint density at radius 3 is 2.94 bits per heavy atom. The summed E-state index contributed by atoms with van der Waals surface area (Å²) in [7, 11) is 1.69. The number of nitrogens with zero attached hydrogens (tertiary/aromatic N) is 5. The topological polar surface area (TPSA) is 87.8 Å². The summed E-state index contributed by atoms with van der Waals surface area (Å²) in [4.78, 5) is 11.5. The predicted molar refractivity (Wildman–Crippen MR) is 139 cm³/mol. The first-order chi connectivity index (χ1) is 17.2. The Hall–Kier alpha value is -3.91. The van der Waals surface area contributed by atoms with Crippen LogP contribution in [0.1, 0.15) is 31.7 Å². The number of imidazole rings is 1. The first kappa shape index (κ1) is 22.9. The van der Waals surface area contributed by atoms with Crippen LogP contribution in [0.4, 0.5) is 17.3 Å². The molecule has 2 N–H and O–H groups in total. The van der Waals surface area contributed by atoms with Crippen LogP contribution in [-0.4, -0.2) is 51.0 Å². The molecule has 1 unspecified atom stereocenters. The fourth-order valence-electron chi connectivity index (χ4n) is 4.60. The van der Waals surface area contributed by atoms with Gasteiger partial charge in [-0.25, -0.2) is 14.5 Å². The Morgan fingerprint density at radius 1 is 1.23 bits per heavy atom. The highest BCUT2D eigenvalue weighted by molar-refractivity contribution is 5.78. The van der Waals surface area contributed by atoms with Crippen LogP contribution < -0.4 is 10.2 Å². The Balaban J connectivity index is 1.50. The standard InChI is InChI=1S/C27H30N6O2/c1-3-7-24(35-2)20-9-4-8-19(16-20)22-17-23(27-28-13-15-33(27)31-22)29-25-11-5-12-26(30-25)32-14-6-10-21(32)18-34/h4-5,7-9,11-13,15-17,21,34H,3,6,10,14,18H2,1-2H3,(H,29,30)/b24-7+. The quantitative estimate of drug-likeness (QED) is 0.354. The van der Waals surface area contributed by atoms with E-state index in [1.54, 1.807) is 17.8 Å². The molecule has 1 atom stereocenters. The van der Waals surface area contributed by atoms with Crippen LogP contribution in [0, 0.1) is 0 Å². The molecule has 1 fully saturated rings. The highest BCUT2D eigenvalue weighted by Gasteiger charge is 2.25. The van der Waals surface area contributed by atoms with Gasteiger partial charge in [0, 0.05) is 30.1 Å².